The maximum Gasteiger partial charge on any atom is 0.269 e. The zero-order valence-corrected chi connectivity index (χ0v) is 19.7. The van der Waals surface area contributed by atoms with Crippen molar-refractivity contribution in [1.82, 2.24) is 18.8 Å². The average Bonchev–Trinajstić information content (AvgIpc) is 3.22. The van der Waals surface area contributed by atoms with Gasteiger partial charge < -0.3 is 4.74 Å². The van der Waals surface area contributed by atoms with Gasteiger partial charge in [0.15, 0.2) is 5.65 Å². The van der Waals surface area contributed by atoms with Crippen LogP contribution in [0.15, 0.2) is 65.8 Å². The lowest BCUT2D eigenvalue weighted by Crippen LogP contribution is -2.35. The quantitative estimate of drug-likeness (QED) is 0.398. The van der Waals surface area contributed by atoms with E-state index in [1.165, 1.54) is 10.3 Å². The molecule has 0 saturated carbocycles. The van der Waals surface area contributed by atoms with Crippen molar-refractivity contribution in [2.24, 2.45) is 0 Å². The van der Waals surface area contributed by atoms with E-state index in [0.717, 1.165) is 49.5 Å². The minimum Gasteiger partial charge on any atom is -0.379 e. The number of hydrogen-bond acceptors (Lipinski definition) is 6. The number of nitrogens with zero attached hydrogens (tertiary/aromatic N) is 4. The Labute approximate surface area is 197 Å². The fourth-order valence-electron chi connectivity index (χ4n) is 4.02. The van der Waals surface area contributed by atoms with Crippen molar-refractivity contribution < 1.29 is 13.2 Å². The van der Waals surface area contributed by atoms with Crippen molar-refractivity contribution in [3.8, 4) is 11.3 Å². The summed E-state index contributed by atoms with van der Waals surface area (Å²) < 4.78 is 34.1. The van der Waals surface area contributed by atoms with Gasteiger partial charge in [-0.3, -0.25) is 4.90 Å². The number of benzene rings is 2. The van der Waals surface area contributed by atoms with E-state index < -0.39 is 10.0 Å². The second kappa shape index (κ2) is 8.87. The van der Waals surface area contributed by atoms with Crippen molar-refractivity contribution in [2.45, 2.75) is 18.4 Å². The first-order valence-corrected chi connectivity index (χ1v) is 12.5. The smallest absolute Gasteiger partial charge is 0.269 e. The van der Waals surface area contributed by atoms with Gasteiger partial charge in [0.25, 0.3) is 10.0 Å². The van der Waals surface area contributed by atoms with Crippen LogP contribution in [-0.4, -0.2) is 53.6 Å². The fourth-order valence-corrected chi connectivity index (χ4v) is 5.68. The average molecular weight is 483 g/mol. The first-order chi connectivity index (χ1) is 15.9. The second-order valence-corrected chi connectivity index (χ2v) is 10.2. The van der Waals surface area contributed by atoms with Crippen molar-refractivity contribution in [3.63, 3.8) is 0 Å². The third-order valence-electron chi connectivity index (χ3n) is 5.83. The maximum atomic E-state index is 13.7. The Morgan fingerprint density at radius 2 is 1.70 bits per heavy atom. The van der Waals surface area contributed by atoms with Gasteiger partial charge in [-0.05, 0) is 36.2 Å². The molecule has 0 radical (unpaired) electrons. The number of aromatic nitrogens is 3. The number of aryl methyl sites for hydroxylation is 1. The highest BCUT2D eigenvalue weighted by Gasteiger charge is 2.26. The molecule has 0 atom stereocenters. The Hall–Kier alpha value is -2.78. The summed E-state index contributed by atoms with van der Waals surface area (Å²) in [7, 11) is -3.92. The minimum atomic E-state index is -3.92. The molecule has 7 nitrogen and oxygen atoms in total. The lowest BCUT2D eigenvalue weighted by atomic mass is 10.1. The molecule has 0 amide bonds. The van der Waals surface area contributed by atoms with Gasteiger partial charge in [0.2, 0.25) is 0 Å². The summed E-state index contributed by atoms with van der Waals surface area (Å²) in [5.74, 6) is 0. The molecular weight excluding hydrogens is 460 g/mol. The van der Waals surface area contributed by atoms with E-state index in [0.29, 0.717) is 11.1 Å². The summed E-state index contributed by atoms with van der Waals surface area (Å²) in [6.45, 7) is 6.04. The zero-order valence-electron chi connectivity index (χ0n) is 18.1. The molecule has 3 heterocycles. The van der Waals surface area contributed by atoms with Crippen LogP contribution in [0.1, 0.15) is 11.1 Å². The zero-order chi connectivity index (χ0) is 23.0. The highest BCUT2D eigenvalue weighted by Crippen LogP contribution is 2.34. The first kappa shape index (κ1) is 22.0. The molecule has 1 aliphatic heterocycles. The predicted molar refractivity (Wildman–Crippen MR) is 128 cm³/mol. The maximum absolute atomic E-state index is 13.7. The highest BCUT2D eigenvalue weighted by atomic mass is 35.5. The van der Waals surface area contributed by atoms with Gasteiger partial charge in [-0.2, -0.15) is 0 Å². The summed E-state index contributed by atoms with van der Waals surface area (Å²) >= 11 is 6.31. The normalized spacial score (nSPS) is 15.2. The topological polar surface area (TPSA) is 77.3 Å². The monoisotopic (exact) mass is 482 g/mol. The summed E-state index contributed by atoms with van der Waals surface area (Å²) in [4.78, 5) is 10.8. The third-order valence-corrected chi connectivity index (χ3v) is 7.84. The van der Waals surface area contributed by atoms with Crippen molar-refractivity contribution in [3.05, 3.63) is 77.2 Å². The SMILES string of the molecule is Cc1ccc(S(=O)(=O)n2c(-c3ccc(CN4CCOCC4)cc3)cc3c(Cl)ncnc32)cc1. The van der Waals surface area contributed by atoms with Crippen LogP contribution in [0.25, 0.3) is 22.3 Å². The van der Waals surface area contributed by atoms with Crippen LogP contribution >= 0.6 is 11.6 Å². The van der Waals surface area contributed by atoms with E-state index >= 15 is 0 Å². The van der Waals surface area contributed by atoms with Gasteiger partial charge in [-0.1, -0.05) is 53.6 Å². The predicted octanol–water partition coefficient (Wildman–Crippen LogP) is 4.13. The van der Waals surface area contributed by atoms with E-state index in [1.807, 2.05) is 31.2 Å². The lowest BCUT2D eigenvalue weighted by Gasteiger charge is -2.26. The molecule has 0 bridgehead atoms. The molecule has 0 spiro atoms. The van der Waals surface area contributed by atoms with Gasteiger partial charge >= 0.3 is 0 Å². The summed E-state index contributed by atoms with van der Waals surface area (Å²) in [6, 6.07) is 16.4. The summed E-state index contributed by atoms with van der Waals surface area (Å²) in [5, 5.41) is 0.699. The van der Waals surface area contributed by atoms with Crippen LogP contribution in [0, 0.1) is 6.92 Å². The molecule has 1 aliphatic rings. The standard InChI is InChI=1S/C24H23ClN4O3S/c1-17-2-8-20(9-3-17)33(30,31)29-22(14-21-23(25)26-16-27-24(21)29)19-6-4-18(5-7-19)15-28-10-12-32-13-11-28/h2-9,14,16H,10-13,15H2,1H3. The van der Waals surface area contributed by atoms with Crippen LogP contribution in [-0.2, 0) is 21.3 Å². The van der Waals surface area contributed by atoms with Crippen molar-refractivity contribution in [1.29, 1.82) is 0 Å². The Kier molecular flexibility index (Phi) is 5.92. The Bertz CT molecular complexity index is 1390. The van der Waals surface area contributed by atoms with E-state index in [2.05, 4.69) is 14.9 Å². The number of hydrogen-bond donors (Lipinski definition) is 0. The highest BCUT2D eigenvalue weighted by molar-refractivity contribution is 7.90. The van der Waals surface area contributed by atoms with Gasteiger partial charge in [-0.15, -0.1) is 0 Å². The van der Waals surface area contributed by atoms with Crippen LogP contribution < -0.4 is 0 Å². The minimum absolute atomic E-state index is 0.186. The molecule has 170 valence electrons. The number of rotatable bonds is 5. The van der Waals surface area contributed by atoms with Crippen LogP contribution in [0.4, 0.5) is 0 Å². The molecule has 1 fully saturated rings. The fraction of sp³-hybridized carbons (Fsp3) is 0.250. The van der Waals surface area contributed by atoms with Gasteiger partial charge in [0.05, 0.1) is 29.2 Å². The largest absolute Gasteiger partial charge is 0.379 e. The number of halogens is 1. The number of fused-ring (bicyclic) bond motifs is 1. The molecular formula is C24H23ClN4O3S. The second-order valence-electron chi connectivity index (χ2n) is 8.10. The molecule has 0 unspecified atom stereocenters. The van der Waals surface area contributed by atoms with Gasteiger partial charge in [0, 0.05) is 19.6 Å². The van der Waals surface area contributed by atoms with Crippen LogP contribution in [0.5, 0.6) is 0 Å². The number of morpholine rings is 1. The van der Waals surface area contributed by atoms with Gasteiger partial charge in [-0.25, -0.2) is 22.4 Å². The third kappa shape index (κ3) is 4.27. The molecule has 2 aromatic heterocycles. The van der Waals surface area contributed by atoms with E-state index in [9.17, 15) is 8.42 Å². The Morgan fingerprint density at radius 3 is 2.39 bits per heavy atom. The van der Waals surface area contributed by atoms with E-state index in [4.69, 9.17) is 16.3 Å². The van der Waals surface area contributed by atoms with Gasteiger partial charge in [0.1, 0.15) is 11.5 Å². The lowest BCUT2D eigenvalue weighted by molar-refractivity contribution is 0.0342. The van der Waals surface area contributed by atoms with Crippen molar-refractivity contribution >= 4 is 32.7 Å². The summed E-state index contributed by atoms with van der Waals surface area (Å²) in [6.07, 6.45) is 1.28. The molecule has 4 aromatic rings. The van der Waals surface area contributed by atoms with Crippen LogP contribution in [0.3, 0.4) is 0 Å². The molecule has 2 aromatic carbocycles. The summed E-state index contributed by atoms with van der Waals surface area (Å²) in [5.41, 5.74) is 3.63. The molecule has 0 N–H and O–H groups in total. The van der Waals surface area contributed by atoms with Crippen molar-refractivity contribution in [2.75, 3.05) is 26.3 Å². The van der Waals surface area contributed by atoms with E-state index in [1.54, 1.807) is 30.3 Å². The molecule has 33 heavy (non-hydrogen) atoms. The molecule has 9 heteroatoms. The van der Waals surface area contributed by atoms with E-state index in [-0.39, 0.29) is 15.7 Å². The molecule has 0 aliphatic carbocycles. The molecule has 5 rings (SSSR count). The molecule has 1 saturated heterocycles. The first-order valence-electron chi connectivity index (χ1n) is 10.7. The Balaban J connectivity index is 1.60. The number of ether oxygens (including phenoxy) is 1. The van der Waals surface area contributed by atoms with Crippen LogP contribution in [0.2, 0.25) is 5.15 Å². The Morgan fingerprint density at radius 1 is 1.00 bits per heavy atom.